The molecule has 0 aliphatic heterocycles. The van der Waals surface area contributed by atoms with Gasteiger partial charge in [0.15, 0.2) is 0 Å². The van der Waals surface area contributed by atoms with Gasteiger partial charge in [0.25, 0.3) is 5.91 Å². The Bertz CT molecular complexity index is 383. The Balaban J connectivity index is 1.89. The van der Waals surface area contributed by atoms with Gasteiger partial charge in [0.2, 0.25) is 0 Å². The van der Waals surface area contributed by atoms with Crippen LogP contribution in [0.25, 0.3) is 0 Å². The van der Waals surface area contributed by atoms with Crippen molar-refractivity contribution in [1.29, 1.82) is 0 Å². The second kappa shape index (κ2) is 6.40. The summed E-state index contributed by atoms with van der Waals surface area (Å²) in [6, 6.07) is 7.54. The van der Waals surface area contributed by atoms with Crippen LogP contribution in [0.15, 0.2) is 24.3 Å². The SMILES string of the molecule is NCCOc1ccc(C(=O)NC2CCCC2)cc1. The molecule has 0 unspecified atom stereocenters. The van der Waals surface area contributed by atoms with Crippen LogP contribution in [0.4, 0.5) is 0 Å². The topological polar surface area (TPSA) is 64.3 Å². The first-order valence-electron chi connectivity index (χ1n) is 6.53. The fourth-order valence-electron chi connectivity index (χ4n) is 2.22. The molecular weight excluding hydrogens is 228 g/mol. The van der Waals surface area contributed by atoms with Crippen molar-refractivity contribution < 1.29 is 9.53 Å². The lowest BCUT2D eigenvalue weighted by atomic mass is 10.1. The molecule has 1 fully saturated rings. The fourth-order valence-corrected chi connectivity index (χ4v) is 2.22. The minimum absolute atomic E-state index is 0.00674. The highest BCUT2D eigenvalue weighted by Crippen LogP contribution is 2.18. The van der Waals surface area contributed by atoms with E-state index in [4.69, 9.17) is 10.5 Å². The van der Waals surface area contributed by atoms with Gasteiger partial charge in [-0.3, -0.25) is 4.79 Å². The molecule has 0 atom stereocenters. The molecule has 1 aromatic rings. The molecule has 0 saturated heterocycles. The van der Waals surface area contributed by atoms with Crippen molar-refractivity contribution in [1.82, 2.24) is 5.32 Å². The van der Waals surface area contributed by atoms with Crippen LogP contribution in [-0.2, 0) is 0 Å². The number of rotatable bonds is 5. The van der Waals surface area contributed by atoms with E-state index in [0.29, 0.717) is 24.8 Å². The molecule has 0 aromatic heterocycles. The van der Waals surface area contributed by atoms with Crippen LogP contribution in [0.1, 0.15) is 36.0 Å². The van der Waals surface area contributed by atoms with Crippen molar-refractivity contribution in [2.75, 3.05) is 13.2 Å². The number of hydrogen-bond donors (Lipinski definition) is 2. The fraction of sp³-hybridized carbons (Fsp3) is 0.500. The molecule has 3 N–H and O–H groups in total. The Morgan fingerprint density at radius 2 is 1.94 bits per heavy atom. The molecule has 4 nitrogen and oxygen atoms in total. The summed E-state index contributed by atoms with van der Waals surface area (Å²) >= 11 is 0. The van der Waals surface area contributed by atoms with E-state index in [1.807, 2.05) is 0 Å². The summed E-state index contributed by atoms with van der Waals surface area (Å²) < 4.78 is 5.37. The highest BCUT2D eigenvalue weighted by Gasteiger charge is 2.17. The molecular formula is C14H20N2O2. The van der Waals surface area contributed by atoms with Gasteiger partial charge >= 0.3 is 0 Å². The van der Waals surface area contributed by atoms with E-state index in [2.05, 4.69) is 5.32 Å². The van der Waals surface area contributed by atoms with Gasteiger partial charge < -0.3 is 15.8 Å². The number of nitrogens with two attached hydrogens (primary N) is 1. The average Bonchev–Trinajstić information content (AvgIpc) is 2.89. The number of nitrogens with one attached hydrogen (secondary N) is 1. The van der Waals surface area contributed by atoms with E-state index in [0.717, 1.165) is 18.6 Å². The Morgan fingerprint density at radius 1 is 1.28 bits per heavy atom. The van der Waals surface area contributed by atoms with Gasteiger partial charge in [0, 0.05) is 18.2 Å². The first-order chi connectivity index (χ1) is 8.79. The Morgan fingerprint density at radius 3 is 2.56 bits per heavy atom. The van der Waals surface area contributed by atoms with Crippen LogP contribution in [0.5, 0.6) is 5.75 Å². The van der Waals surface area contributed by atoms with Crippen LogP contribution in [-0.4, -0.2) is 25.1 Å². The number of hydrogen-bond acceptors (Lipinski definition) is 3. The zero-order chi connectivity index (χ0) is 12.8. The summed E-state index contributed by atoms with van der Waals surface area (Å²) in [5.74, 6) is 0.755. The minimum atomic E-state index is 0.00674. The highest BCUT2D eigenvalue weighted by molar-refractivity contribution is 5.94. The third-order valence-corrected chi connectivity index (χ3v) is 3.19. The van der Waals surface area contributed by atoms with Crippen molar-refractivity contribution in [2.24, 2.45) is 5.73 Å². The largest absolute Gasteiger partial charge is 0.492 e. The predicted octanol–water partition coefficient (Wildman–Crippen LogP) is 1.70. The molecule has 1 aliphatic rings. The third kappa shape index (κ3) is 3.47. The average molecular weight is 248 g/mol. The molecule has 0 spiro atoms. The van der Waals surface area contributed by atoms with Gasteiger partial charge in [-0.05, 0) is 37.1 Å². The number of carbonyl (C=O) groups is 1. The van der Waals surface area contributed by atoms with Gasteiger partial charge in [-0.1, -0.05) is 12.8 Å². The van der Waals surface area contributed by atoms with Crippen LogP contribution in [0, 0.1) is 0 Å². The van der Waals surface area contributed by atoms with E-state index in [1.54, 1.807) is 24.3 Å². The van der Waals surface area contributed by atoms with Gasteiger partial charge in [0.05, 0.1) is 0 Å². The summed E-state index contributed by atoms with van der Waals surface area (Å²) in [7, 11) is 0. The van der Waals surface area contributed by atoms with Gasteiger partial charge in [-0.2, -0.15) is 0 Å². The normalized spacial score (nSPS) is 15.6. The number of amides is 1. The molecule has 98 valence electrons. The molecule has 0 bridgehead atoms. The van der Waals surface area contributed by atoms with Gasteiger partial charge in [-0.25, -0.2) is 0 Å². The molecule has 0 radical (unpaired) electrons. The minimum Gasteiger partial charge on any atom is -0.492 e. The summed E-state index contributed by atoms with van der Waals surface area (Å²) in [6.45, 7) is 0.984. The van der Waals surface area contributed by atoms with E-state index >= 15 is 0 Å². The summed E-state index contributed by atoms with van der Waals surface area (Å²) in [5.41, 5.74) is 6.04. The van der Waals surface area contributed by atoms with Gasteiger partial charge in [0.1, 0.15) is 12.4 Å². The maximum Gasteiger partial charge on any atom is 0.251 e. The van der Waals surface area contributed by atoms with Crippen molar-refractivity contribution >= 4 is 5.91 Å². The summed E-state index contributed by atoms with van der Waals surface area (Å²) in [4.78, 5) is 12.0. The number of benzene rings is 1. The van der Waals surface area contributed by atoms with E-state index in [1.165, 1.54) is 12.8 Å². The van der Waals surface area contributed by atoms with Crippen LogP contribution >= 0.6 is 0 Å². The summed E-state index contributed by atoms with van der Waals surface area (Å²) in [5, 5.41) is 3.06. The predicted molar refractivity (Wildman–Crippen MR) is 70.7 cm³/mol. The molecule has 4 heteroatoms. The van der Waals surface area contributed by atoms with Crippen molar-refractivity contribution in [3.63, 3.8) is 0 Å². The molecule has 2 rings (SSSR count). The molecule has 0 heterocycles. The van der Waals surface area contributed by atoms with Crippen molar-refractivity contribution in [3.05, 3.63) is 29.8 Å². The number of ether oxygens (including phenoxy) is 1. The third-order valence-electron chi connectivity index (χ3n) is 3.19. The van der Waals surface area contributed by atoms with Crippen molar-refractivity contribution in [3.8, 4) is 5.75 Å². The monoisotopic (exact) mass is 248 g/mol. The number of carbonyl (C=O) groups excluding carboxylic acids is 1. The lowest BCUT2D eigenvalue weighted by Gasteiger charge is -2.12. The molecule has 1 amide bonds. The second-order valence-corrected chi connectivity index (χ2v) is 4.62. The van der Waals surface area contributed by atoms with Crippen LogP contribution < -0.4 is 15.8 Å². The Labute approximate surface area is 108 Å². The van der Waals surface area contributed by atoms with Crippen LogP contribution in [0.3, 0.4) is 0 Å². The van der Waals surface area contributed by atoms with E-state index < -0.39 is 0 Å². The standard InChI is InChI=1S/C14H20N2O2/c15-9-10-18-13-7-5-11(6-8-13)14(17)16-12-3-1-2-4-12/h5-8,12H,1-4,9-10,15H2,(H,16,17). The maximum absolute atomic E-state index is 12.0. The lowest BCUT2D eigenvalue weighted by molar-refractivity contribution is 0.0938. The summed E-state index contributed by atoms with van der Waals surface area (Å²) in [6.07, 6.45) is 4.64. The zero-order valence-electron chi connectivity index (χ0n) is 10.5. The second-order valence-electron chi connectivity index (χ2n) is 4.62. The Hall–Kier alpha value is -1.55. The molecule has 1 aromatic carbocycles. The van der Waals surface area contributed by atoms with Gasteiger partial charge in [-0.15, -0.1) is 0 Å². The smallest absolute Gasteiger partial charge is 0.251 e. The zero-order valence-corrected chi connectivity index (χ0v) is 10.5. The Kier molecular flexibility index (Phi) is 4.59. The van der Waals surface area contributed by atoms with E-state index in [9.17, 15) is 4.79 Å². The first-order valence-corrected chi connectivity index (χ1v) is 6.53. The van der Waals surface area contributed by atoms with Crippen molar-refractivity contribution in [2.45, 2.75) is 31.7 Å². The highest BCUT2D eigenvalue weighted by atomic mass is 16.5. The lowest BCUT2D eigenvalue weighted by Crippen LogP contribution is -2.32. The molecule has 1 saturated carbocycles. The first kappa shape index (κ1) is 12.9. The van der Waals surface area contributed by atoms with E-state index in [-0.39, 0.29) is 5.91 Å². The van der Waals surface area contributed by atoms with Crippen LogP contribution in [0.2, 0.25) is 0 Å². The molecule has 18 heavy (non-hydrogen) atoms. The molecule has 1 aliphatic carbocycles. The maximum atomic E-state index is 12.0. The quantitative estimate of drug-likeness (QED) is 0.833.